The first-order valence-electron chi connectivity index (χ1n) is 8.33. The molecule has 0 aliphatic rings. The largest absolute Gasteiger partial charge is 0.508 e. The molecule has 3 aromatic rings. The molecule has 2 heterocycles. The number of rotatable bonds is 6. The van der Waals surface area contributed by atoms with Crippen molar-refractivity contribution in [2.24, 2.45) is 0 Å². The minimum atomic E-state index is -0.552. The Morgan fingerprint density at radius 2 is 2.07 bits per heavy atom. The normalized spacial score (nSPS) is 11.7. The number of hydrogen-bond acceptors (Lipinski definition) is 6. The van der Waals surface area contributed by atoms with Crippen molar-refractivity contribution in [1.29, 1.82) is 0 Å². The SMILES string of the molecule is COCc1ccc(C(=O)NC(c2cccc(O)c2)c2ccccn2)c(N)n1. The molecule has 2 aromatic heterocycles. The first kappa shape index (κ1) is 18.3. The van der Waals surface area contributed by atoms with Gasteiger partial charge in [-0.05, 0) is 42.0 Å². The van der Waals surface area contributed by atoms with Crippen molar-refractivity contribution in [3.63, 3.8) is 0 Å². The molecule has 1 unspecified atom stereocenters. The van der Waals surface area contributed by atoms with Gasteiger partial charge in [-0.15, -0.1) is 0 Å². The Bertz CT molecular complexity index is 932. The van der Waals surface area contributed by atoms with E-state index in [2.05, 4.69) is 15.3 Å². The highest BCUT2D eigenvalue weighted by Crippen LogP contribution is 2.24. The Kier molecular flexibility index (Phi) is 5.63. The Morgan fingerprint density at radius 1 is 1.22 bits per heavy atom. The number of aromatic hydroxyl groups is 1. The van der Waals surface area contributed by atoms with Crippen molar-refractivity contribution < 1.29 is 14.6 Å². The molecule has 0 saturated carbocycles. The summed E-state index contributed by atoms with van der Waals surface area (Å²) in [6.45, 7) is 0.311. The second kappa shape index (κ2) is 8.29. The number of hydrogen-bond donors (Lipinski definition) is 3. The van der Waals surface area contributed by atoms with Crippen LogP contribution in [0.3, 0.4) is 0 Å². The zero-order valence-corrected chi connectivity index (χ0v) is 14.8. The molecule has 3 rings (SSSR count). The smallest absolute Gasteiger partial charge is 0.255 e. The molecular weight excluding hydrogens is 344 g/mol. The molecule has 0 aliphatic carbocycles. The van der Waals surface area contributed by atoms with Gasteiger partial charge < -0.3 is 20.9 Å². The quantitative estimate of drug-likeness (QED) is 0.620. The molecule has 1 amide bonds. The zero-order chi connectivity index (χ0) is 19.2. The third-order valence-electron chi connectivity index (χ3n) is 3.98. The number of nitrogen functional groups attached to an aromatic ring is 1. The van der Waals surface area contributed by atoms with Gasteiger partial charge in [-0.3, -0.25) is 9.78 Å². The number of carbonyl (C=O) groups is 1. The van der Waals surface area contributed by atoms with Gasteiger partial charge in [0.2, 0.25) is 0 Å². The number of aromatic nitrogens is 2. The van der Waals surface area contributed by atoms with Gasteiger partial charge >= 0.3 is 0 Å². The zero-order valence-electron chi connectivity index (χ0n) is 14.8. The van der Waals surface area contributed by atoms with Crippen LogP contribution >= 0.6 is 0 Å². The van der Waals surface area contributed by atoms with Crippen molar-refractivity contribution in [3.8, 4) is 5.75 Å². The van der Waals surface area contributed by atoms with Gasteiger partial charge in [-0.1, -0.05) is 18.2 Å². The highest BCUT2D eigenvalue weighted by Gasteiger charge is 2.21. The molecule has 138 valence electrons. The standard InChI is InChI=1S/C20H20N4O3/c1-27-12-14-8-9-16(19(21)23-14)20(26)24-18(17-7-2-3-10-22-17)13-5-4-6-15(25)11-13/h2-11,18,25H,12H2,1H3,(H2,21,23)(H,24,26). The van der Waals surface area contributed by atoms with Crippen molar-refractivity contribution in [2.75, 3.05) is 12.8 Å². The van der Waals surface area contributed by atoms with E-state index in [4.69, 9.17) is 10.5 Å². The Morgan fingerprint density at radius 3 is 2.74 bits per heavy atom. The van der Waals surface area contributed by atoms with Gasteiger partial charge in [0, 0.05) is 13.3 Å². The monoisotopic (exact) mass is 364 g/mol. The topological polar surface area (TPSA) is 110 Å². The first-order valence-corrected chi connectivity index (χ1v) is 8.33. The number of nitrogens with two attached hydrogens (primary N) is 1. The number of nitrogens with one attached hydrogen (secondary N) is 1. The maximum atomic E-state index is 12.8. The summed E-state index contributed by atoms with van der Waals surface area (Å²) in [5.74, 6) is -0.159. The summed E-state index contributed by atoms with van der Waals surface area (Å²) in [4.78, 5) is 21.3. The predicted molar refractivity (Wildman–Crippen MR) is 101 cm³/mol. The number of nitrogens with zero attached hydrogens (tertiary/aromatic N) is 2. The molecule has 0 spiro atoms. The molecule has 0 bridgehead atoms. The molecule has 7 heteroatoms. The number of anilines is 1. The lowest BCUT2D eigenvalue weighted by atomic mass is 10.0. The van der Waals surface area contributed by atoms with E-state index in [9.17, 15) is 9.90 Å². The lowest BCUT2D eigenvalue weighted by molar-refractivity contribution is 0.0942. The molecule has 1 aromatic carbocycles. The van der Waals surface area contributed by atoms with Crippen LogP contribution < -0.4 is 11.1 Å². The highest BCUT2D eigenvalue weighted by molar-refractivity contribution is 5.98. The maximum absolute atomic E-state index is 12.8. The Labute approximate surface area is 156 Å². The van der Waals surface area contributed by atoms with E-state index < -0.39 is 6.04 Å². The summed E-state index contributed by atoms with van der Waals surface area (Å²) in [5, 5.41) is 12.7. The predicted octanol–water partition coefficient (Wildman–Crippen LogP) is 2.43. The van der Waals surface area contributed by atoms with Gasteiger partial charge in [0.15, 0.2) is 0 Å². The third kappa shape index (κ3) is 4.39. The first-order chi connectivity index (χ1) is 13.1. The van der Waals surface area contributed by atoms with Gasteiger partial charge in [0.05, 0.1) is 29.6 Å². The van der Waals surface area contributed by atoms with E-state index in [1.165, 1.54) is 0 Å². The molecule has 0 aliphatic heterocycles. The second-order valence-electron chi connectivity index (χ2n) is 5.92. The van der Waals surface area contributed by atoms with E-state index in [1.807, 2.05) is 12.1 Å². The molecule has 0 fully saturated rings. The van der Waals surface area contributed by atoms with Crippen LogP contribution in [0.15, 0.2) is 60.8 Å². The minimum absolute atomic E-state index is 0.104. The van der Waals surface area contributed by atoms with E-state index in [-0.39, 0.29) is 23.0 Å². The highest BCUT2D eigenvalue weighted by atomic mass is 16.5. The summed E-state index contributed by atoms with van der Waals surface area (Å²) >= 11 is 0. The molecule has 4 N–H and O–H groups in total. The second-order valence-corrected chi connectivity index (χ2v) is 5.92. The molecule has 7 nitrogen and oxygen atoms in total. The van der Waals surface area contributed by atoms with E-state index in [0.717, 1.165) is 0 Å². The minimum Gasteiger partial charge on any atom is -0.508 e. The summed E-state index contributed by atoms with van der Waals surface area (Å²) in [7, 11) is 1.56. The van der Waals surface area contributed by atoms with Crippen molar-refractivity contribution in [2.45, 2.75) is 12.6 Å². The molecule has 1 atom stereocenters. The van der Waals surface area contributed by atoms with Gasteiger partial charge in [-0.25, -0.2) is 4.98 Å². The number of phenols is 1. The Hall–Kier alpha value is -3.45. The summed E-state index contributed by atoms with van der Waals surface area (Å²) in [6.07, 6.45) is 1.65. The van der Waals surface area contributed by atoms with Crippen LogP contribution in [0.4, 0.5) is 5.82 Å². The average molecular weight is 364 g/mol. The van der Waals surface area contributed by atoms with E-state index >= 15 is 0 Å². The summed E-state index contributed by atoms with van der Waals surface area (Å²) in [5.41, 5.74) is 8.18. The van der Waals surface area contributed by atoms with Crippen LogP contribution in [0.5, 0.6) is 5.75 Å². The van der Waals surface area contributed by atoms with Crippen LogP contribution in [0.25, 0.3) is 0 Å². The lowest BCUT2D eigenvalue weighted by Crippen LogP contribution is -2.30. The summed E-state index contributed by atoms with van der Waals surface area (Å²) in [6, 6.07) is 14.9. The third-order valence-corrected chi connectivity index (χ3v) is 3.98. The molecule has 0 radical (unpaired) electrons. The molecular formula is C20H20N4O3. The van der Waals surface area contributed by atoms with Crippen molar-refractivity contribution in [1.82, 2.24) is 15.3 Å². The van der Waals surface area contributed by atoms with Gasteiger partial charge in [0.25, 0.3) is 5.91 Å². The maximum Gasteiger partial charge on any atom is 0.255 e. The fraction of sp³-hybridized carbons (Fsp3) is 0.150. The van der Waals surface area contributed by atoms with Crippen LogP contribution in [0.1, 0.15) is 33.4 Å². The van der Waals surface area contributed by atoms with Crippen molar-refractivity contribution >= 4 is 11.7 Å². The van der Waals surface area contributed by atoms with Crippen LogP contribution in [0, 0.1) is 0 Å². The van der Waals surface area contributed by atoms with Gasteiger partial charge in [-0.2, -0.15) is 0 Å². The summed E-state index contributed by atoms with van der Waals surface area (Å²) < 4.78 is 5.02. The van der Waals surface area contributed by atoms with Crippen LogP contribution in [-0.2, 0) is 11.3 Å². The average Bonchev–Trinajstić information content (AvgIpc) is 2.67. The Balaban J connectivity index is 1.91. The van der Waals surface area contributed by atoms with Crippen LogP contribution in [-0.4, -0.2) is 28.1 Å². The molecule has 27 heavy (non-hydrogen) atoms. The number of phenolic OH excluding ortho intramolecular Hbond substituents is 1. The van der Waals surface area contributed by atoms with E-state index in [0.29, 0.717) is 23.6 Å². The molecule has 0 saturated heterocycles. The number of pyridine rings is 2. The number of amides is 1. The fourth-order valence-corrected chi connectivity index (χ4v) is 2.73. The fourth-order valence-electron chi connectivity index (χ4n) is 2.73. The number of ether oxygens (including phenoxy) is 1. The lowest BCUT2D eigenvalue weighted by Gasteiger charge is -2.19. The van der Waals surface area contributed by atoms with Crippen molar-refractivity contribution in [3.05, 3.63) is 83.3 Å². The number of benzene rings is 1. The number of carbonyl (C=O) groups excluding carboxylic acids is 1. The van der Waals surface area contributed by atoms with E-state index in [1.54, 1.807) is 55.8 Å². The van der Waals surface area contributed by atoms with Gasteiger partial charge in [0.1, 0.15) is 11.6 Å². The number of methoxy groups -OCH3 is 1. The van der Waals surface area contributed by atoms with Crippen LogP contribution in [0.2, 0.25) is 0 Å².